The number of rotatable bonds is 5. The van der Waals surface area contributed by atoms with Gasteiger partial charge >= 0.3 is 5.97 Å². The van der Waals surface area contributed by atoms with E-state index in [4.69, 9.17) is 5.11 Å². The minimum Gasteiger partial charge on any atom is -0.481 e. The Kier molecular flexibility index (Phi) is 3.85. The van der Waals surface area contributed by atoms with E-state index in [0.29, 0.717) is 6.41 Å². The van der Waals surface area contributed by atoms with Gasteiger partial charge in [0.25, 0.3) is 0 Å². The fraction of sp³-hybridized carbons (Fsp3) is 0.273. The van der Waals surface area contributed by atoms with Gasteiger partial charge in [0.15, 0.2) is 0 Å². The Morgan fingerprint density at radius 2 is 2.33 bits per heavy atom. The van der Waals surface area contributed by atoms with Crippen LogP contribution in [0.1, 0.15) is 23.6 Å². The highest BCUT2D eigenvalue weighted by molar-refractivity contribution is 5.68. The molecule has 0 spiro atoms. The first-order valence-electron chi connectivity index (χ1n) is 4.61. The van der Waals surface area contributed by atoms with E-state index in [9.17, 15) is 9.59 Å². The summed E-state index contributed by atoms with van der Waals surface area (Å²) in [4.78, 5) is 20.9. The highest BCUT2D eigenvalue weighted by atomic mass is 16.4. The van der Waals surface area contributed by atoms with Crippen molar-refractivity contribution in [2.24, 2.45) is 0 Å². The van der Waals surface area contributed by atoms with Crippen LogP contribution >= 0.6 is 0 Å². The van der Waals surface area contributed by atoms with Crippen molar-refractivity contribution in [2.45, 2.75) is 19.4 Å². The second-order valence-electron chi connectivity index (χ2n) is 3.35. The summed E-state index contributed by atoms with van der Waals surface area (Å²) in [5.41, 5.74) is 1.85. The Bertz CT molecular complexity index is 363. The monoisotopic (exact) mass is 207 g/mol. The molecule has 0 aromatic heterocycles. The molecule has 0 bridgehead atoms. The molecule has 0 fully saturated rings. The fourth-order valence-corrected chi connectivity index (χ4v) is 1.42. The number of aryl methyl sites for hydroxylation is 1. The van der Waals surface area contributed by atoms with Crippen LogP contribution in [0.4, 0.5) is 0 Å². The van der Waals surface area contributed by atoms with Crippen LogP contribution in [0.3, 0.4) is 0 Å². The van der Waals surface area contributed by atoms with E-state index in [1.54, 1.807) is 6.07 Å². The number of carbonyl (C=O) groups excluding carboxylic acids is 1. The first kappa shape index (κ1) is 11.2. The van der Waals surface area contributed by atoms with Gasteiger partial charge in [-0.15, -0.1) is 0 Å². The van der Waals surface area contributed by atoms with Crippen LogP contribution in [-0.2, 0) is 9.59 Å². The zero-order valence-corrected chi connectivity index (χ0v) is 8.43. The van der Waals surface area contributed by atoms with Gasteiger partial charge in [0, 0.05) is 0 Å². The topological polar surface area (TPSA) is 66.4 Å². The van der Waals surface area contributed by atoms with Gasteiger partial charge in [0.05, 0.1) is 12.5 Å². The maximum absolute atomic E-state index is 10.6. The molecule has 0 saturated carbocycles. The second kappa shape index (κ2) is 5.14. The average Bonchev–Trinajstić information content (AvgIpc) is 2.16. The molecule has 4 nitrogen and oxygen atoms in total. The summed E-state index contributed by atoms with van der Waals surface area (Å²) in [6.07, 6.45) is 0.415. The lowest BCUT2D eigenvalue weighted by atomic mass is 10.0. The number of hydrogen-bond donors (Lipinski definition) is 2. The number of amides is 1. The summed E-state index contributed by atoms with van der Waals surface area (Å²) in [5.74, 6) is -0.934. The van der Waals surface area contributed by atoms with Crippen molar-refractivity contribution in [3.8, 4) is 0 Å². The molecule has 1 atom stereocenters. The molecule has 1 aromatic rings. The zero-order valence-electron chi connectivity index (χ0n) is 8.43. The van der Waals surface area contributed by atoms with Gasteiger partial charge in [-0.3, -0.25) is 9.59 Å². The van der Waals surface area contributed by atoms with Crippen molar-refractivity contribution in [2.75, 3.05) is 0 Å². The summed E-state index contributed by atoms with van der Waals surface area (Å²) in [6, 6.07) is 6.97. The Labute approximate surface area is 87.9 Å². The highest BCUT2D eigenvalue weighted by Crippen LogP contribution is 2.17. The van der Waals surface area contributed by atoms with E-state index in [0.717, 1.165) is 11.1 Å². The van der Waals surface area contributed by atoms with E-state index in [2.05, 4.69) is 5.32 Å². The van der Waals surface area contributed by atoms with Gasteiger partial charge in [-0.2, -0.15) is 0 Å². The van der Waals surface area contributed by atoms with Gasteiger partial charge in [-0.05, 0) is 12.5 Å². The SMILES string of the molecule is Cc1cccc([C@@H](CC(=O)O)NC=O)c1. The minimum atomic E-state index is -0.934. The Morgan fingerprint density at radius 1 is 1.60 bits per heavy atom. The third-order valence-electron chi connectivity index (χ3n) is 2.09. The smallest absolute Gasteiger partial charge is 0.305 e. The Balaban J connectivity index is 2.87. The van der Waals surface area contributed by atoms with Crippen molar-refractivity contribution in [3.05, 3.63) is 35.4 Å². The van der Waals surface area contributed by atoms with Crippen LogP contribution in [0.5, 0.6) is 0 Å². The maximum Gasteiger partial charge on any atom is 0.305 e. The van der Waals surface area contributed by atoms with Crippen molar-refractivity contribution in [3.63, 3.8) is 0 Å². The zero-order chi connectivity index (χ0) is 11.3. The number of hydrogen-bond acceptors (Lipinski definition) is 2. The number of aliphatic carboxylic acids is 1. The third-order valence-corrected chi connectivity index (χ3v) is 2.09. The number of benzene rings is 1. The first-order valence-corrected chi connectivity index (χ1v) is 4.61. The van der Waals surface area contributed by atoms with Crippen molar-refractivity contribution in [1.82, 2.24) is 5.32 Å². The molecule has 4 heteroatoms. The summed E-state index contributed by atoms with van der Waals surface area (Å²) >= 11 is 0. The van der Waals surface area contributed by atoms with Gasteiger partial charge in [-0.1, -0.05) is 29.8 Å². The molecular weight excluding hydrogens is 194 g/mol. The van der Waals surface area contributed by atoms with Crippen LogP contribution in [0.25, 0.3) is 0 Å². The molecule has 0 aliphatic rings. The lowest BCUT2D eigenvalue weighted by molar-refractivity contribution is -0.137. The second-order valence-corrected chi connectivity index (χ2v) is 3.35. The van der Waals surface area contributed by atoms with Crippen molar-refractivity contribution in [1.29, 1.82) is 0 Å². The van der Waals surface area contributed by atoms with Crippen LogP contribution in [0.2, 0.25) is 0 Å². The summed E-state index contributed by atoms with van der Waals surface area (Å²) < 4.78 is 0. The molecule has 1 rings (SSSR count). The summed E-state index contributed by atoms with van der Waals surface area (Å²) in [7, 11) is 0. The lowest BCUT2D eigenvalue weighted by Crippen LogP contribution is -2.22. The third kappa shape index (κ3) is 3.42. The van der Waals surface area contributed by atoms with Crippen LogP contribution < -0.4 is 5.32 Å². The molecule has 0 unspecified atom stereocenters. The molecule has 0 aliphatic heterocycles. The largest absolute Gasteiger partial charge is 0.481 e. The Hall–Kier alpha value is -1.84. The predicted octanol–water partition coefficient (Wildman–Crippen LogP) is 1.26. The lowest BCUT2D eigenvalue weighted by Gasteiger charge is -2.14. The van der Waals surface area contributed by atoms with Crippen LogP contribution in [-0.4, -0.2) is 17.5 Å². The van der Waals surface area contributed by atoms with Crippen LogP contribution in [0.15, 0.2) is 24.3 Å². The number of nitrogens with one attached hydrogen (secondary N) is 1. The maximum atomic E-state index is 10.6. The van der Waals surface area contributed by atoms with E-state index < -0.39 is 12.0 Å². The molecule has 0 radical (unpaired) electrons. The van der Waals surface area contributed by atoms with Crippen molar-refractivity contribution >= 4 is 12.4 Å². The normalized spacial score (nSPS) is 11.8. The van der Waals surface area contributed by atoms with Gasteiger partial charge in [0.1, 0.15) is 0 Å². The molecule has 0 aliphatic carbocycles. The van der Waals surface area contributed by atoms with E-state index >= 15 is 0 Å². The van der Waals surface area contributed by atoms with Crippen LogP contribution in [0, 0.1) is 6.92 Å². The molecule has 2 N–H and O–H groups in total. The average molecular weight is 207 g/mol. The predicted molar refractivity (Wildman–Crippen MR) is 55.4 cm³/mol. The highest BCUT2D eigenvalue weighted by Gasteiger charge is 2.14. The molecule has 0 heterocycles. The van der Waals surface area contributed by atoms with Gasteiger partial charge in [0.2, 0.25) is 6.41 Å². The van der Waals surface area contributed by atoms with Crippen molar-refractivity contribution < 1.29 is 14.7 Å². The molecule has 80 valence electrons. The standard InChI is InChI=1S/C11H13NO3/c1-8-3-2-4-9(5-8)10(12-7-13)6-11(14)15/h2-5,7,10H,6H2,1H3,(H,12,13)(H,14,15)/t10-/m1/s1. The number of carboxylic acid groups (broad SMARTS) is 1. The minimum absolute atomic E-state index is 0.109. The van der Waals surface area contributed by atoms with E-state index in [1.165, 1.54) is 0 Å². The van der Waals surface area contributed by atoms with Gasteiger partial charge < -0.3 is 10.4 Å². The molecule has 1 aromatic carbocycles. The number of carbonyl (C=O) groups is 2. The number of carboxylic acids is 1. The molecule has 0 saturated heterocycles. The Morgan fingerprint density at radius 3 is 2.87 bits per heavy atom. The van der Waals surface area contributed by atoms with E-state index in [1.807, 2.05) is 25.1 Å². The quantitative estimate of drug-likeness (QED) is 0.714. The van der Waals surface area contributed by atoms with Gasteiger partial charge in [-0.25, -0.2) is 0 Å². The molecule has 1 amide bonds. The molecular formula is C11H13NO3. The first-order chi connectivity index (χ1) is 7.13. The summed E-state index contributed by atoms with van der Waals surface area (Å²) in [5, 5.41) is 11.2. The summed E-state index contributed by atoms with van der Waals surface area (Å²) in [6.45, 7) is 1.92. The fourth-order valence-electron chi connectivity index (χ4n) is 1.42. The molecule has 15 heavy (non-hydrogen) atoms. The van der Waals surface area contributed by atoms with E-state index in [-0.39, 0.29) is 6.42 Å².